The van der Waals surface area contributed by atoms with Gasteiger partial charge >= 0.3 is 5.97 Å². The smallest absolute Gasteiger partial charge is 0.336 e. The van der Waals surface area contributed by atoms with Gasteiger partial charge in [0.1, 0.15) is 0 Å². The lowest BCUT2D eigenvalue weighted by molar-refractivity contribution is -0.130. The average Bonchev–Trinajstić information content (AvgIpc) is 2.45. The van der Waals surface area contributed by atoms with Crippen LogP contribution >= 0.6 is 0 Å². The summed E-state index contributed by atoms with van der Waals surface area (Å²) in [5.41, 5.74) is 3.23. The predicted octanol–water partition coefficient (Wildman–Crippen LogP) is 4.26. The maximum Gasteiger partial charge on any atom is 0.336 e. The molecule has 0 fully saturated rings. The fourth-order valence-electron chi connectivity index (χ4n) is 2.19. The molecule has 0 unspecified atom stereocenters. The van der Waals surface area contributed by atoms with Gasteiger partial charge in [-0.15, -0.1) is 0 Å². The van der Waals surface area contributed by atoms with Crippen molar-refractivity contribution in [2.24, 2.45) is 0 Å². The summed E-state index contributed by atoms with van der Waals surface area (Å²) in [4.78, 5) is 11.7. The summed E-state index contributed by atoms with van der Waals surface area (Å²) in [6.07, 6.45) is 0. The lowest BCUT2D eigenvalue weighted by atomic mass is 9.90. The molecule has 20 heavy (non-hydrogen) atoms. The van der Waals surface area contributed by atoms with E-state index in [0.717, 1.165) is 11.1 Å². The van der Waals surface area contributed by atoms with Gasteiger partial charge < -0.3 is 5.11 Å². The molecule has 0 spiro atoms. The van der Waals surface area contributed by atoms with E-state index in [0.29, 0.717) is 11.1 Å². The van der Waals surface area contributed by atoms with Gasteiger partial charge in [0.25, 0.3) is 0 Å². The van der Waals surface area contributed by atoms with Gasteiger partial charge in [0.2, 0.25) is 0 Å². The molecule has 2 aromatic rings. The van der Waals surface area contributed by atoms with Crippen molar-refractivity contribution in [2.75, 3.05) is 0 Å². The van der Waals surface area contributed by atoms with Crippen molar-refractivity contribution in [3.63, 3.8) is 0 Å². The Hall–Kier alpha value is -2.61. The maximum atomic E-state index is 11.7. The Morgan fingerprint density at radius 1 is 0.850 bits per heavy atom. The molecule has 0 bridgehead atoms. The summed E-state index contributed by atoms with van der Waals surface area (Å²) in [5.74, 6) is -0.946. The lowest BCUT2D eigenvalue weighted by Gasteiger charge is -2.13. The molecule has 0 aliphatic carbocycles. The first-order valence-electron chi connectivity index (χ1n) is 6.35. The Balaban J connectivity index is 2.74. The number of benzene rings is 2. The number of carboxylic acid groups (broad SMARTS) is 1. The van der Waals surface area contributed by atoms with E-state index < -0.39 is 5.97 Å². The van der Waals surface area contributed by atoms with Crippen molar-refractivity contribution in [1.29, 1.82) is 0 Å². The fourth-order valence-corrected chi connectivity index (χ4v) is 2.19. The zero-order valence-corrected chi connectivity index (χ0v) is 11.3. The molecule has 0 aliphatic rings. The molecule has 0 saturated carbocycles. The molecule has 0 heterocycles. The zero-order valence-electron chi connectivity index (χ0n) is 11.3. The first-order valence-corrected chi connectivity index (χ1v) is 6.35. The molecular weight excluding hydrogens is 248 g/mol. The van der Waals surface area contributed by atoms with E-state index in [4.69, 9.17) is 0 Å². The fraction of sp³-hybridized carbons (Fsp3) is 0.0556. The highest BCUT2D eigenvalue weighted by atomic mass is 16.4. The third-order valence-corrected chi connectivity index (χ3v) is 3.02. The Kier molecular flexibility index (Phi) is 4.16. The van der Waals surface area contributed by atoms with Crippen molar-refractivity contribution in [2.45, 2.75) is 6.92 Å². The average molecular weight is 264 g/mol. The molecular formula is C18H16O2. The maximum absolute atomic E-state index is 11.7. The molecule has 2 heteroatoms. The van der Waals surface area contributed by atoms with Crippen molar-refractivity contribution in [3.8, 4) is 0 Å². The number of aliphatic carboxylic acids is 1. The van der Waals surface area contributed by atoms with Gasteiger partial charge in [-0.3, -0.25) is 0 Å². The third-order valence-electron chi connectivity index (χ3n) is 3.02. The van der Waals surface area contributed by atoms with Crippen molar-refractivity contribution >= 4 is 17.1 Å². The van der Waals surface area contributed by atoms with Crippen LogP contribution in [-0.4, -0.2) is 11.1 Å². The van der Waals surface area contributed by atoms with Gasteiger partial charge in [0.05, 0.1) is 5.57 Å². The van der Waals surface area contributed by atoms with Crippen LogP contribution in [0.4, 0.5) is 0 Å². The van der Waals surface area contributed by atoms with Crippen LogP contribution in [0.2, 0.25) is 0 Å². The molecule has 1 N–H and O–H groups in total. The number of hydrogen-bond donors (Lipinski definition) is 1. The SMILES string of the molecule is C=C(C)C(=C(C(=O)O)c1ccccc1)c1ccccc1. The van der Waals surface area contributed by atoms with Crippen LogP contribution in [0.25, 0.3) is 11.1 Å². The van der Waals surface area contributed by atoms with Crippen LogP contribution < -0.4 is 0 Å². The predicted molar refractivity (Wildman–Crippen MR) is 82.1 cm³/mol. The highest BCUT2D eigenvalue weighted by Gasteiger charge is 2.18. The summed E-state index contributed by atoms with van der Waals surface area (Å²) in [6.45, 7) is 5.77. The second-order valence-corrected chi connectivity index (χ2v) is 4.57. The van der Waals surface area contributed by atoms with Crippen molar-refractivity contribution < 1.29 is 9.90 Å². The van der Waals surface area contributed by atoms with Crippen LogP contribution in [0.3, 0.4) is 0 Å². The second-order valence-electron chi connectivity index (χ2n) is 4.57. The number of carbonyl (C=O) groups is 1. The van der Waals surface area contributed by atoms with E-state index in [9.17, 15) is 9.90 Å². The van der Waals surface area contributed by atoms with E-state index in [2.05, 4.69) is 6.58 Å². The molecule has 100 valence electrons. The molecule has 0 atom stereocenters. The Morgan fingerprint density at radius 2 is 1.25 bits per heavy atom. The molecule has 0 aromatic heterocycles. The molecule has 0 aliphatic heterocycles. The van der Waals surface area contributed by atoms with Gasteiger partial charge in [-0.1, -0.05) is 67.2 Å². The summed E-state index contributed by atoms with van der Waals surface area (Å²) < 4.78 is 0. The minimum absolute atomic E-state index is 0.282. The lowest BCUT2D eigenvalue weighted by Crippen LogP contribution is -2.04. The first-order chi connectivity index (χ1) is 9.61. The standard InChI is InChI=1S/C18H16O2/c1-13(2)16(14-9-5-3-6-10-14)17(18(19)20)15-11-7-4-8-12-15/h3-12H,1H2,2H3,(H,19,20). The van der Waals surface area contributed by atoms with Gasteiger partial charge in [-0.2, -0.15) is 0 Å². The minimum Gasteiger partial charge on any atom is -0.478 e. The highest BCUT2D eigenvalue weighted by Crippen LogP contribution is 2.31. The van der Waals surface area contributed by atoms with E-state index in [-0.39, 0.29) is 5.57 Å². The van der Waals surface area contributed by atoms with Crippen LogP contribution in [0.5, 0.6) is 0 Å². The zero-order chi connectivity index (χ0) is 14.5. The summed E-state index contributed by atoms with van der Waals surface area (Å²) >= 11 is 0. The molecule has 2 aromatic carbocycles. The molecule has 2 nitrogen and oxygen atoms in total. The normalized spacial score (nSPS) is 11.7. The summed E-state index contributed by atoms with van der Waals surface area (Å²) in [6, 6.07) is 18.6. The first kappa shape index (κ1) is 13.8. The number of allylic oxidation sites excluding steroid dienone is 2. The Bertz CT molecular complexity index is 593. The van der Waals surface area contributed by atoms with E-state index in [1.165, 1.54) is 0 Å². The topological polar surface area (TPSA) is 37.3 Å². The molecule has 0 amide bonds. The van der Waals surface area contributed by atoms with Crippen LogP contribution in [0.15, 0.2) is 72.8 Å². The number of carboxylic acids is 1. The van der Waals surface area contributed by atoms with Crippen LogP contribution in [0, 0.1) is 0 Å². The number of hydrogen-bond acceptors (Lipinski definition) is 1. The summed E-state index contributed by atoms with van der Waals surface area (Å²) in [5, 5.41) is 9.61. The molecule has 0 radical (unpaired) electrons. The number of rotatable bonds is 4. The van der Waals surface area contributed by atoms with Crippen molar-refractivity contribution in [3.05, 3.63) is 83.9 Å². The van der Waals surface area contributed by atoms with Crippen LogP contribution in [0.1, 0.15) is 18.1 Å². The van der Waals surface area contributed by atoms with Gasteiger partial charge in [-0.25, -0.2) is 4.79 Å². The Labute approximate surface area is 118 Å². The monoisotopic (exact) mass is 264 g/mol. The van der Waals surface area contributed by atoms with E-state index in [1.807, 2.05) is 55.5 Å². The van der Waals surface area contributed by atoms with Crippen LogP contribution in [-0.2, 0) is 4.79 Å². The van der Waals surface area contributed by atoms with Gasteiger partial charge in [0, 0.05) is 0 Å². The van der Waals surface area contributed by atoms with Gasteiger partial charge in [0.15, 0.2) is 0 Å². The quantitative estimate of drug-likeness (QED) is 0.509. The van der Waals surface area contributed by atoms with Crippen molar-refractivity contribution in [1.82, 2.24) is 0 Å². The second kappa shape index (κ2) is 6.02. The van der Waals surface area contributed by atoms with Gasteiger partial charge in [-0.05, 0) is 29.2 Å². The third kappa shape index (κ3) is 2.86. The molecule has 0 saturated heterocycles. The van der Waals surface area contributed by atoms with E-state index >= 15 is 0 Å². The minimum atomic E-state index is -0.946. The largest absolute Gasteiger partial charge is 0.478 e. The molecule has 2 rings (SSSR count). The summed E-state index contributed by atoms with van der Waals surface area (Å²) in [7, 11) is 0. The highest BCUT2D eigenvalue weighted by molar-refractivity contribution is 6.25. The Morgan fingerprint density at radius 3 is 1.60 bits per heavy atom. The van der Waals surface area contributed by atoms with E-state index in [1.54, 1.807) is 12.1 Å².